The van der Waals surface area contributed by atoms with E-state index in [1.54, 1.807) is 14.2 Å². The van der Waals surface area contributed by atoms with Crippen molar-refractivity contribution in [2.75, 3.05) is 31.5 Å². The molecule has 0 unspecified atom stereocenters. The Labute approximate surface area is 164 Å². The number of benzene rings is 2. The number of anilines is 4. The molecule has 0 saturated heterocycles. The van der Waals surface area contributed by atoms with E-state index in [2.05, 4.69) is 20.6 Å². The molecule has 0 atom stereocenters. The fourth-order valence-electron chi connectivity index (χ4n) is 2.67. The topological polar surface area (TPSA) is 77.5 Å². The molecule has 2 N–H and O–H groups in total. The summed E-state index contributed by atoms with van der Waals surface area (Å²) in [6, 6.07) is 15.1. The zero-order valence-corrected chi connectivity index (χ0v) is 16.4. The molecule has 0 bridgehead atoms. The maximum atomic E-state index is 5.47. The zero-order chi connectivity index (χ0) is 19.9. The van der Waals surface area contributed by atoms with Crippen LogP contribution in [0.25, 0.3) is 0 Å². The van der Waals surface area contributed by atoms with Crippen LogP contribution in [0.3, 0.4) is 0 Å². The maximum absolute atomic E-state index is 5.47. The molecule has 0 amide bonds. The van der Waals surface area contributed by atoms with Crippen molar-refractivity contribution >= 4 is 23.1 Å². The molecule has 0 aliphatic heterocycles. The van der Waals surface area contributed by atoms with Crippen LogP contribution in [0.2, 0.25) is 0 Å². The fraction of sp³-hybridized carbons (Fsp3) is 0.238. The monoisotopic (exact) mass is 380 g/mol. The number of nitrogens with zero attached hydrogens (tertiary/aromatic N) is 2. The van der Waals surface area contributed by atoms with Crippen molar-refractivity contribution in [3.8, 4) is 17.2 Å². The Hall–Kier alpha value is -3.48. The number of aryl methyl sites for hydroxylation is 1. The Kier molecular flexibility index (Phi) is 6.16. The van der Waals surface area contributed by atoms with Crippen LogP contribution in [0.1, 0.15) is 12.6 Å². The molecule has 7 nitrogen and oxygen atoms in total. The van der Waals surface area contributed by atoms with Crippen molar-refractivity contribution in [3.05, 3.63) is 54.2 Å². The molecule has 2 aromatic carbocycles. The van der Waals surface area contributed by atoms with Crippen LogP contribution in [0.15, 0.2) is 48.5 Å². The smallest absolute Gasteiger partial charge is 0.229 e. The largest absolute Gasteiger partial charge is 0.497 e. The number of aromatic nitrogens is 2. The molecule has 0 spiro atoms. The van der Waals surface area contributed by atoms with Gasteiger partial charge in [-0.05, 0) is 50.2 Å². The summed E-state index contributed by atoms with van der Waals surface area (Å²) in [4.78, 5) is 9.01. The summed E-state index contributed by atoms with van der Waals surface area (Å²) in [6.07, 6.45) is 0. The van der Waals surface area contributed by atoms with Gasteiger partial charge in [-0.25, -0.2) is 4.98 Å². The standard InChI is InChI=1S/C21H24N4O3/c1-5-28-16-8-6-15(7-9-16)23-21-22-14(2)12-20(25-21)24-18-13-17(26-3)10-11-19(18)27-4/h6-13H,5H2,1-4H3,(H2,22,23,24,25). The first-order valence-corrected chi connectivity index (χ1v) is 8.96. The van der Waals surface area contributed by atoms with E-state index in [4.69, 9.17) is 14.2 Å². The lowest BCUT2D eigenvalue weighted by molar-refractivity contribution is 0.340. The summed E-state index contributed by atoms with van der Waals surface area (Å²) >= 11 is 0. The summed E-state index contributed by atoms with van der Waals surface area (Å²) in [5.74, 6) is 3.38. The number of rotatable bonds is 8. The van der Waals surface area contributed by atoms with Crippen LogP contribution >= 0.6 is 0 Å². The molecule has 0 aliphatic carbocycles. The molecular weight excluding hydrogens is 356 g/mol. The first kappa shape index (κ1) is 19.3. The first-order chi connectivity index (χ1) is 13.6. The highest BCUT2D eigenvalue weighted by Gasteiger charge is 2.09. The third kappa shape index (κ3) is 4.82. The molecule has 3 rings (SSSR count). The van der Waals surface area contributed by atoms with Gasteiger partial charge in [0.25, 0.3) is 0 Å². The number of ether oxygens (including phenoxy) is 3. The highest BCUT2D eigenvalue weighted by atomic mass is 16.5. The molecule has 1 heterocycles. The molecule has 0 saturated carbocycles. The van der Waals surface area contributed by atoms with Gasteiger partial charge in [-0.3, -0.25) is 0 Å². The lowest BCUT2D eigenvalue weighted by atomic mass is 10.2. The average Bonchev–Trinajstić information content (AvgIpc) is 2.69. The first-order valence-electron chi connectivity index (χ1n) is 8.96. The third-order valence-corrected chi connectivity index (χ3v) is 3.95. The second kappa shape index (κ2) is 8.94. The molecular formula is C21H24N4O3. The predicted octanol–water partition coefficient (Wildman–Crippen LogP) is 4.69. The van der Waals surface area contributed by atoms with Gasteiger partial charge in [0.2, 0.25) is 5.95 Å². The van der Waals surface area contributed by atoms with Gasteiger partial charge >= 0.3 is 0 Å². The quantitative estimate of drug-likeness (QED) is 0.587. The van der Waals surface area contributed by atoms with Crippen molar-refractivity contribution in [1.29, 1.82) is 0 Å². The molecule has 0 aliphatic rings. The molecule has 0 fully saturated rings. The second-order valence-corrected chi connectivity index (χ2v) is 5.99. The number of nitrogens with one attached hydrogen (secondary N) is 2. The predicted molar refractivity (Wildman–Crippen MR) is 110 cm³/mol. The SMILES string of the molecule is CCOc1ccc(Nc2nc(C)cc(Nc3cc(OC)ccc3OC)n2)cc1. The van der Waals surface area contributed by atoms with Crippen molar-refractivity contribution in [2.45, 2.75) is 13.8 Å². The molecule has 7 heteroatoms. The Morgan fingerprint density at radius 1 is 0.857 bits per heavy atom. The van der Waals surface area contributed by atoms with Crippen LogP contribution in [-0.4, -0.2) is 30.8 Å². The molecule has 1 aromatic heterocycles. The van der Waals surface area contributed by atoms with Gasteiger partial charge in [-0.15, -0.1) is 0 Å². The zero-order valence-electron chi connectivity index (χ0n) is 16.4. The highest BCUT2D eigenvalue weighted by molar-refractivity contribution is 5.67. The fourth-order valence-corrected chi connectivity index (χ4v) is 2.67. The number of methoxy groups -OCH3 is 2. The van der Waals surface area contributed by atoms with E-state index in [0.29, 0.717) is 24.1 Å². The summed E-state index contributed by atoms with van der Waals surface area (Å²) in [5.41, 5.74) is 2.46. The van der Waals surface area contributed by atoms with Crippen molar-refractivity contribution in [3.63, 3.8) is 0 Å². The summed E-state index contributed by atoms with van der Waals surface area (Å²) in [7, 11) is 3.25. The van der Waals surface area contributed by atoms with Gasteiger partial charge in [0.15, 0.2) is 0 Å². The van der Waals surface area contributed by atoms with E-state index in [9.17, 15) is 0 Å². The summed E-state index contributed by atoms with van der Waals surface area (Å²) in [6.45, 7) is 4.51. The van der Waals surface area contributed by atoms with Crippen LogP contribution in [0.5, 0.6) is 17.2 Å². The second-order valence-electron chi connectivity index (χ2n) is 5.99. The van der Waals surface area contributed by atoms with Crippen molar-refractivity contribution in [2.24, 2.45) is 0 Å². The van der Waals surface area contributed by atoms with Crippen molar-refractivity contribution < 1.29 is 14.2 Å². The Morgan fingerprint density at radius 2 is 1.61 bits per heavy atom. The summed E-state index contributed by atoms with van der Waals surface area (Å²) in [5, 5.41) is 6.49. The molecule has 0 radical (unpaired) electrons. The Bertz CT molecular complexity index is 929. The van der Waals surface area contributed by atoms with E-state index in [1.165, 1.54) is 0 Å². The van der Waals surface area contributed by atoms with Crippen LogP contribution in [-0.2, 0) is 0 Å². The minimum Gasteiger partial charge on any atom is -0.497 e. The van der Waals surface area contributed by atoms with Gasteiger partial charge in [-0.1, -0.05) is 0 Å². The molecule has 28 heavy (non-hydrogen) atoms. The van der Waals surface area contributed by atoms with Gasteiger partial charge in [-0.2, -0.15) is 4.98 Å². The van der Waals surface area contributed by atoms with E-state index in [1.807, 2.05) is 62.4 Å². The number of hydrogen-bond acceptors (Lipinski definition) is 7. The van der Waals surface area contributed by atoms with Crippen molar-refractivity contribution in [1.82, 2.24) is 9.97 Å². The minimum atomic E-state index is 0.494. The van der Waals surface area contributed by atoms with Gasteiger partial charge in [0.05, 0.1) is 26.5 Å². The average molecular weight is 380 g/mol. The van der Waals surface area contributed by atoms with E-state index < -0.39 is 0 Å². The normalized spacial score (nSPS) is 10.3. The highest BCUT2D eigenvalue weighted by Crippen LogP contribution is 2.31. The lowest BCUT2D eigenvalue weighted by Gasteiger charge is -2.14. The van der Waals surface area contributed by atoms with Crippen LogP contribution in [0.4, 0.5) is 23.1 Å². The minimum absolute atomic E-state index is 0.494. The van der Waals surface area contributed by atoms with Gasteiger partial charge in [0, 0.05) is 23.5 Å². The Balaban J connectivity index is 1.82. The van der Waals surface area contributed by atoms with E-state index in [0.717, 1.165) is 28.6 Å². The van der Waals surface area contributed by atoms with Gasteiger partial charge in [0.1, 0.15) is 23.1 Å². The Morgan fingerprint density at radius 3 is 2.29 bits per heavy atom. The van der Waals surface area contributed by atoms with E-state index >= 15 is 0 Å². The molecule has 146 valence electrons. The molecule has 3 aromatic rings. The van der Waals surface area contributed by atoms with Gasteiger partial charge < -0.3 is 24.8 Å². The van der Waals surface area contributed by atoms with Crippen LogP contribution < -0.4 is 24.8 Å². The third-order valence-electron chi connectivity index (χ3n) is 3.95. The van der Waals surface area contributed by atoms with E-state index in [-0.39, 0.29) is 0 Å². The number of hydrogen-bond donors (Lipinski definition) is 2. The van der Waals surface area contributed by atoms with Crippen LogP contribution in [0, 0.1) is 6.92 Å². The summed E-state index contributed by atoms with van der Waals surface area (Å²) < 4.78 is 16.2. The lowest BCUT2D eigenvalue weighted by Crippen LogP contribution is -2.03. The maximum Gasteiger partial charge on any atom is 0.229 e.